The topological polar surface area (TPSA) is 70.7 Å². The van der Waals surface area contributed by atoms with Crippen LogP contribution in [0.3, 0.4) is 0 Å². The van der Waals surface area contributed by atoms with Gasteiger partial charge in [-0.25, -0.2) is 13.2 Å². The minimum atomic E-state index is -1.66. The maximum Gasteiger partial charge on any atom is 0.238 e. The molecule has 28 heavy (non-hydrogen) atoms. The molecule has 0 bridgehead atoms. The summed E-state index contributed by atoms with van der Waals surface area (Å²) in [5, 5.41) is 4.86. The van der Waals surface area contributed by atoms with Crippen LogP contribution in [0.15, 0.2) is 36.4 Å². The lowest BCUT2D eigenvalue weighted by molar-refractivity contribution is -0.119. The van der Waals surface area contributed by atoms with Gasteiger partial charge in [0.15, 0.2) is 17.5 Å². The first-order valence-corrected chi connectivity index (χ1v) is 8.43. The number of nitrogens with zero attached hydrogens (tertiary/aromatic N) is 1. The van der Waals surface area contributed by atoms with Gasteiger partial charge in [0.1, 0.15) is 5.75 Å². The van der Waals surface area contributed by atoms with Gasteiger partial charge >= 0.3 is 0 Å². The van der Waals surface area contributed by atoms with Crippen LogP contribution in [0.4, 0.5) is 24.5 Å². The van der Waals surface area contributed by atoms with Crippen LogP contribution in [0, 0.1) is 17.5 Å². The van der Waals surface area contributed by atoms with E-state index in [2.05, 4.69) is 10.6 Å². The first-order valence-electron chi connectivity index (χ1n) is 8.43. The van der Waals surface area contributed by atoms with Crippen molar-refractivity contribution < 1.29 is 27.5 Å². The third-order valence-corrected chi connectivity index (χ3v) is 3.86. The summed E-state index contributed by atoms with van der Waals surface area (Å²) in [5.74, 6) is -4.85. The number of halogens is 3. The lowest BCUT2D eigenvalue weighted by atomic mass is 10.2. The van der Waals surface area contributed by atoms with Gasteiger partial charge < -0.3 is 15.4 Å². The Morgan fingerprint density at radius 2 is 1.54 bits per heavy atom. The van der Waals surface area contributed by atoms with Crippen molar-refractivity contribution in [1.29, 1.82) is 0 Å². The van der Waals surface area contributed by atoms with E-state index >= 15 is 0 Å². The van der Waals surface area contributed by atoms with Crippen molar-refractivity contribution in [3.05, 3.63) is 53.8 Å². The van der Waals surface area contributed by atoms with E-state index in [0.29, 0.717) is 24.0 Å². The highest BCUT2D eigenvalue weighted by atomic mass is 19.2. The largest absolute Gasteiger partial charge is 0.497 e. The Bertz CT molecular complexity index is 844. The summed E-state index contributed by atoms with van der Waals surface area (Å²) < 4.78 is 44.8. The first-order chi connectivity index (χ1) is 13.3. The number of methoxy groups -OCH3 is 1. The standard InChI is InChI=1S/C19H20F3N3O3/c1-3-25(10-16(26)23-12-4-6-13(28-2)7-5-12)11-17(27)24-15-9-8-14(20)18(21)19(15)22/h4-9H,3,10-11H2,1-2H3,(H,23,26)(H,24,27). The zero-order valence-corrected chi connectivity index (χ0v) is 15.4. The lowest BCUT2D eigenvalue weighted by Crippen LogP contribution is -2.38. The molecule has 2 aromatic carbocycles. The Hall–Kier alpha value is -3.07. The molecule has 0 fully saturated rings. The highest BCUT2D eigenvalue weighted by Gasteiger charge is 2.17. The number of carbonyl (C=O) groups excluding carboxylic acids is 2. The molecule has 2 amide bonds. The molecule has 0 aromatic heterocycles. The van der Waals surface area contributed by atoms with Crippen LogP contribution in [0.5, 0.6) is 5.75 Å². The number of likely N-dealkylation sites (N-methyl/N-ethyl adjacent to an activating group) is 1. The maximum absolute atomic E-state index is 13.6. The molecule has 2 rings (SSSR count). The Morgan fingerprint density at radius 3 is 2.11 bits per heavy atom. The second kappa shape index (κ2) is 9.75. The number of benzene rings is 2. The van der Waals surface area contributed by atoms with Gasteiger partial charge in [-0.05, 0) is 42.9 Å². The molecule has 0 radical (unpaired) electrons. The average molecular weight is 395 g/mol. The lowest BCUT2D eigenvalue weighted by Gasteiger charge is -2.19. The highest BCUT2D eigenvalue weighted by molar-refractivity contribution is 5.94. The second-order valence-corrected chi connectivity index (χ2v) is 5.85. The van der Waals surface area contributed by atoms with Gasteiger partial charge in [-0.2, -0.15) is 0 Å². The summed E-state index contributed by atoms with van der Waals surface area (Å²) in [4.78, 5) is 25.7. The van der Waals surface area contributed by atoms with E-state index in [1.54, 1.807) is 31.2 Å². The van der Waals surface area contributed by atoms with Gasteiger partial charge in [0.25, 0.3) is 0 Å². The van der Waals surface area contributed by atoms with Crippen molar-refractivity contribution in [2.75, 3.05) is 37.4 Å². The molecule has 0 atom stereocenters. The van der Waals surface area contributed by atoms with Gasteiger partial charge in [0.05, 0.1) is 25.9 Å². The zero-order chi connectivity index (χ0) is 20.7. The Labute approximate surface area is 160 Å². The number of rotatable bonds is 8. The van der Waals surface area contributed by atoms with Crippen LogP contribution in [0.25, 0.3) is 0 Å². The number of anilines is 2. The molecule has 0 aliphatic heterocycles. The van der Waals surface area contributed by atoms with Crippen molar-refractivity contribution in [2.45, 2.75) is 6.92 Å². The van der Waals surface area contributed by atoms with E-state index in [-0.39, 0.29) is 19.0 Å². The van der Waals surface area contributed by atoms with E-state index < -0.39 is 29.0 Å². The van der Waals surface area contributed by atoms with Crippen molar-refractivity contribution in [2.24, 2.45) is 0 Å². The van der Waals surface area contributed by atoms with E-state index in [9.17, 15) is 22.8 Å². The predicted octanol–water partition coefficient (Wildman–Crippen LogP) is 3.01. The van der Waals surface area contributed by atoms with Gasteiger partial charge in [-0.15, -0.1) is 0 Å². The number of nitrogens with one attached hydrogen (secondary N) is 2. The summed E-state index contributed by atoms with van der Waals surface area (Å²) in [6.07, 6.45) is 0. The van der Waals surface area contributed by atoms with Crippen molar-refractivity contribution in [3.8, 4) is 5.75 Å². The number of ether oxygens (including phenoxy) is 1. The fraction of sp³-hybridized carbons (Fsp3) is 0.263. The van der Waals surface area contributed by atoms with Crippen LogP contribution >= 0.6 is 0 Å². The first kappa shape index (κ1) is 21.2. The van der Waals surface area contributed by atoms with Gasteiger partial charge in [-0.1, -0.05) is 6.92 Å². The summed E-state index contributed by atoms with van der Waals surface area (Å²) in [6.45, 7) is 1.79. The zero-order valence-electron chi connectivity index (χ0n) is 15.4. The SMILES string of the molecule is CCN(CC(=O)Nc1ccc(OC)cc1)CC(=O)Nc1ccc(F)c(F)c1F. The summed E-state index contributed by atoms with van der Waals surface area (Å²) in [5.41, 5.74) is 0.0952. The van der Waals surface area contributed by atoms with E-state index in [0.717, 1.165) is 6.07 Å². The molecular formula is C19H20F3N3O3. The van der Waals surface area contributed by atoms with Crippen molar-refractivity contribution in [3.63, 3.8) is 0 Å². The quantitative estimate of drug-likeness (QED) is 0.674. The highest BCUT2D eigenvalue weighted by Crippen LogP contribution is 2.19. The molecule has 0 aliphatic rings. The van der Waals surface area contributed by atoms with Crippen LogP contribution in [0.1, 0.15) is 6.92 Å². The van der Waals surface area contributed by atoms with Crippen LogP contribution in [0.2, 0.25) is 0 Å². The molecule has 0 spiro atoms. The van der Waals surface area contributed by atoms with Gasteiger partial charge in [0.2, 0.25) is 11.8 Å². The molecule has 150 valence electrons. The molecule has 0 aliphatic carbocycles. The minimum absolute atomic E-state index is 0.0871. The monoisotopic (exact) mass is 395 g/mol. The second-order valence-electron chi connectivity index (χ2n) is 5.85. The van der Waals surface area contributed by atoms with E-state index in [1.165, 1.54) is 12.0 Å². The smallest absolute Gasteiger partial charge is 0.238 e. The number of carbonyl (C=O) groups is 2. The summed E-state index contributed by atoms with van der Waals surface area (Å²) in [6, 6.07) is 8.37. The van der Waals surface area contributed by atoms with Crippen LogP contribution < -0.4 is 15.4 Å². The summed E-state index contributed by atoms with van der Waals surface area (Å²) >= 11 is 0. The molecule has 2 N–H and O–H groups in total. The molecular weight excluding hydrogens is 375 g/mol. The molecule has 0 saturated carbocycles. The van der Waals surface area contributed by atoms with Gasteiger partial charge in [-0.3, -0.25) is 14.5 Å². The number of hydrogen-bond donors (Lipinski definition) is 2. The van der Waals surface area contributed by atoms with Crippen molar-refractivity contribution >= 4 is 23.2 Å². The third kappa shape index (κ3) is 5.71. The molecule has 0 unspecified atom stereocenters. The van der Waals surface area contributed by atoms with E-state index in [1.807, 2.05) is 0 Å². The average Bonchev–Trinajstić information content (AvgIpc) is 2.68. The predicted molar refractivity (Wildman–Crippen MR) is 98.7 cm³/mol. The fourth-order valence-corrected chi connectivity index (χ4v) is 2.37. The van der Waals surface area contributed by atoms with E-state index in [4.69, 9.17) is 4.74 Å². The van der Waals surface area contributed by atoms with Crippen LogP contribution in [-0.2, 0) is 9.59 Å². The Balaban J connectivity index is 1.91. The molecule has 6 nitrogen and oxygen atoms in total. The molecule has 2 aromatic rings. The molecule has 0 heterocycles. The minimum Gasteiger partial charge on any atom is -0.497 e. The van der Waals surface area contributed by atoms with Gasteiger partial charge in [0, 0.05) is 5.69 Å². The van der Waals surface area contributed by atoms with Crippen LogP contribution in [-0.4, -0.2) is 43.5 Å². The summed E-state index contributed by atoms with van der Waals surface area (Å²) in [7, 11) is 1.53. The molecule has 9 heteroatoms. The molecule has 0 saturated heterocycles. The number of hydrogen-bond acceptors (Lipinski definition) is 4. The Morgan fingerprint density at radius 1 is 0.929 bits per heavy atom. The third-order valence-electron chi connectivity index (χ3n) is 3.86. The normalized spacial score (nSPS) is 10.6. The number of amides is 2. The van der Waals surface area contributed by atoms with Crippen molar-refractivity contribution in [1.82, 2.24) is 4.90 Å². The fourth-order valence-electron chi connectivity index (χ4n) is 2.37. The Kier molecular flexibility index (Phi) is 7.39. The maximum atomic E-state index is 13.6.